The SMILES string of the molecule is C[C@@H]1Cc2c(nn(C)c2C(=O)NCc2nc(C(F)(F)F)no2)[C@H](C)O1. The van der Waals surface area contributed by atoms with E-state index >= 15 is 0 Å². The molecule has 2 atom stereocenters. The van der Waals surface area contributed by atoms with Gasteiger partial charge in [0.15, 0.2) is 0 Å². The second-order valence-corrected chi connectivity index (χ2v) is 5.82. The number of carbonyl (C=O) groups excluding carboxylic acids is 1. The molecule has 3 heterocycles. The minimum Gasteiger partial charge on any atom is -0.369 e. The Morgan fingerprint density at radius 2 is 2.12 bits per heavy atom. The van der Waals surface area contributed by atoms with Crippen molar-refractivity contribution in [3.05, 3.63) is 28.7 Å². The van der Waals surface area contributed by atoms with Crippen LogP contribution in [0.3, 0.4) is 0 Å². The molecule has 1 amide bonds. The normalized spacial score (nSPS) is 20.4. The van der Waals surface area contributed by atoms with Crippen molar-refractivity contribution in [3.63, 3.8) is 0 Å². The Balaban J connectivity index is 1.75. The Labute approximate surface area is 140 Å². The third-order valence-corrected chi connectivity index (χ3v) is 3.83. The second-order valence-electron chi connectivity index (χ2n) is 5.82. The molecule has 1 N–H and O–H groups in total. The van der Waals surface area contributed by atoms with Crippen LogP contribution in [0, 0.1) is 0 Å². The van der Waals surface area contributed by atoms with E-state index in [-0.39, 0.29) is 24.6 Å². The number of halogens is 3. The zero-order chi connectivity index (χ0) is 18.4. The Hall–Kier alpha value is -2.43. The Kier molecular flexibility index (Phi) is 4.27. The summed E-state index contributed by atoms with van der Waals surface area (Å²) in [5.74, 6) is -2.19. The van der Waals surface area contributed by atoms with Crippen LogP contribution >= 0.6 is 0 Å². The first kappa shape index (κ1) is 17.4. The zero-order valence-electron chi connectivity index (χ0n) is 13.7. The van der Waals surface area contributed by atoms with Gasteiger partial charge in [-0.25, -0.2) is 0 Å². The van der Waals surface area contributed by atoms with Gasteiger partial charge < -0.3 is 14.6 Å². The van der Waals surface area contributed by atoms with Gasteiger partial charge in [-0.05, 0) is 13.8 Å². The Morgan fingerprint density at radius 1 is 1.40 bits per heavy atom. The number of rotatable bonds is 3. The van der Waals surface area contributed by atoms with Gasteiger partial charge in [0.1, 0.15) is 5.69 Å². The maximum Gasteiger partial charge on any atom is 0.455 e. The molecule has 0 saturated carbocycles. The van der Waals surface area contributed by atoms with Crippen molar-refractivity contribution in [1.82, 2.24) is 25.2 Å². The number of aromatic nitrogens is 4. The van der Waals surface area contributed by atoms with Gasteiger partial charge >= 0.3 is 6.18 Å². The van der Waals surface area contributed by atoms with Gasteiger partial charge in [-0.2, -0.15) is 23.3 Å². The number of ether oxygens (including phenoxy) is 1. The molecule has 1 aliphatic rings. The summed E-state index contributed by atoms with van der Waals surface area (Å²) in [6.07, 6.45) is -4.48. The summed E-state index contributed by atoms with van der Waals surface area (Å²) in [6, 6.07) is 0. The third kappa shape index (κ3) is 3.36. The van der Waals surface area contributed by atoms with Crippen molar-refractivity contribution < 1.29 is 27.2 Å². The average molecular weight is 359 g/mol. The van der Waals surface area contributed by atoms with E-state index in [2.05, 4.69) is 25.1 Å². The molecule has 11 heteroatoms. The first-order valence-electron chi connectivity index (χ1n) is 7.56. The van der Waals surface area contributed by atoms with Crippen LogP contribution in [0.1, 0.15) is 53.4 Å². The third-order valence-electron chi connectivity index (χ3n) is 3.83. The topological polar surface area (TPSA) is 95.1 Å². The molecule has 0 bridgehead atoms. The van der Waals surface area contributed by atoms with Gasteiger partial charge in [-0.15, -0.1) is 0 Å². The Morgan fingerprint density at radius 3 is 2.76 bits per heavy atom. The molecule has 0 fully saturated rings. The highest BCUT2D eigenvalue weighted by Crippen LogP contribution is 2.31. The maximum absolute atomic E-state index is 12.5. The molecule has 8 nitrogen and oxygen atoms in total. The first-order chi connectivity index (χ1) is 11.7. The van der Waals surface area contributed by atoms with Gasteiger partial charge in [0.2, 0.25) is 5.89 Å². The molecule has 0 spiro atoms. The fourth-order valence-corrected chi connectivity index (χ4v) is 2.83. The van der Waals surface area contributed by atoms with Gasteiger partial charge in [0.25, 0.3) is 11.7 Å². The number of nitrogens with zero attached hydrogens (tertiary/aromatic N) is 4. The number of carbonyl (C=O) groups is 1. The number of alkyl halides is 3. The minimum atomic E-state index is -4.70. The van der Waals surface area contributed by atoms with Crippen LogP contribution in [0.4, 0.5) is 13.2 Å². The second kappa shape index (κ2) is 6.14. The van der Waals surface area contributed by atoms with E-state index < -0.39 is 17.9 Å². The highest BCUT2D eigenvalue weighted by molar-refractivity contribution is 5.94. The summed E-state index contributed by atoms with van der Waals surface area (Å²) in [6.45, 7) is 3.43. The van der Waals surface area contributed by atoms with E-state index in [4.69, 9.17) is 4.74 Å². The van der Waals surface area contributed by atoms with Crippen molar-refractivity contribution >= 4 is 5.91 Å². The molecule has 3 rings (SSSR count). The highest BCUT2D eigenvalue weighted by atomic mass is 19.4. The highest BCUT2D eigenvalue weighted by Gasteiger charge is 2.37. The van der Waals surface area contributed by atoms with E-state index in [9.17, 15) is 18.0 Å². The quantitative estimate of drug-likeness (QED) is 0.898. The lowest BCUT2D eigenvalue weighted by molar-refractivity contribution is -0.146. The molecule has 136 valence electrons. The maximum atomic E-state index is 12.5. The van der Waals surface area contributed by atoms with E-state index in [1.54, 1.807) is 7.05 Å². The summed E-state index contributed by atoms with van der Waals surface area (Å²) in [5, 5.41) is 9.63. The van der Waals surface area contributed by atoms with E-state index in [0.29, 0.717) is 17.8 Å². The van der Waals surface area contributed by atoms with Crippen LogP contribution in [0.2, 0.25) is 0 Å². The summed E-state index contributed by atoms with van der Waals surface area (Å²) in [7, 11) is 1.62. The molecule has 25 heavy (non-hydrogen) atoms. The van der Waals surface area contributed by atoms with Crippen LogP contribution in [0.5, 0.6) is 0 Å². The number of aryl methyl sites for hydroxylation is 1. The lowest BCUT2D eigenvalue weighted by Crippen LogP contribution is -2.28. The molecule has 0 saturated heterocycles. The van der Waals surface area contributed by atoms with Gasteiger partial charge in [0.05, 0.1) is 24.4 Å². The number of hydrogen-bond donors (Lipinski definition) is 1. The van der Waals surface area contributed by atoms with Gasteiger partial charge in [-0.3, -0.25) is 9.48 Å². The van der Waals surface area contributed by atoms with Crippen LogP contribution < -0.4 is 5.32 Å². The van der Waals surface area contributed by atoms with Crippen molar-refractivity contribution in [2.75, 3.05) is 0 Å². The molecule has 2 aromatic heterocycles. The number of hydrogen-bond acceptors (Lipinski definition) is 6. The van der Waals surface area contributed by atoms with Crippen molar-refractivity contribution in [2.24, 2.45) is 7.05 Å². The van der Waals surface area contributed by atoms with Gasteiger partial charge in [-0.1, -0.05) is 5.16 Å². The summed E-state index contributed by atoms with van der Waals surface area (Å²) < 4.78 is 48.9. The standard InChI is InChI=1S/C14H16F3N5O3/c1-6-4-8-10(7(2)24-6)20-22(3)11(8)12(23)18-5-9-19-13(21-25-9)14(15,16)17/h6-7H,4-5H2,1-3H3,(H,18,23)/t6-,7+/m1/s1. The van der Waals surface area contributed by atoms with Gasteiger partial charge in [0, 0.05) is 19.0 Å². The number of amides is 1. The largest absolute Gasteiger partial charge is 0.455 e. The monoisotopic (exact) mass is 359 g/mol. The fourth-order valence-electron chi connectivity index (χ4n) is 2.83. The summed E-state index contributed by atoms with van der Waals surface area (Å²) >= 11 is 0. The zero-order valence-corrected chi connectivity index (χ0v) is 13.7. The summed E-state index contributed by atoms with van der Waals surface area (Å²) in [4.78, 5) is 15.7. The first-order valence-corrected chi connectivity index (χ1v) is 7.56. The lowest BCUT2D eigenvalue weighted by Gasteiger charge is -2.24. The number of fused-ring (bicyclic) bond motifs is 1. The smallest absolute Gasteiger partial charge is 0.369 e. The molecule has 0 unspecified atom stereocenters. The molecule has 0 radical (unpaired) electrons. The molecule has 1 aliphatic heterocycles. The molecular weight excluding hydrogens is 343 g/mol. The predicted octanol–water partition coefficient (Wildman–Crippen LogP) is 1.77. The lowest BCUT2D eigenvalue weighted by atomic mass is 9.99. The van der Waals surface area contributed by atoms with E-state index in [1.807, 2.05) is 13.8 Å². The predicted molar refractivity (Wildman–Crippen MR) is 76.3 cm³/mol. The number of nitrogens with one attached hydrogen (secondary N) is 1. The average Bonchev–Trinajstić information content (AvgIpc) is 3.09. The van der Waals surface area contributed by atoms with Crippen LogP contribution in [-0.2, 0) is 30.9 Å². The van der Waals surface area contributed by atoms with E-state index in [1.165, 1.54) is 4.68 Å². The molecule has 2 aromatic rings. The molecule has 0 aromatic carbocycles. The Bertz CT molecular complexity index is 798. The molecular formula is C14H16F3N5O3. The van der Waals surface area contributed by atoms with Crippen LogP contribution in [0.25, 0.3) is 0 Å². The van der Waals surface area contributed by atoms with Crippen molar-refractivity contribution in [3.8, 4) is 0 Å². The van der Waals surface area contributed by atoms with Crippen molar-refractivity contribution in [2.45, 2.75) is 45.2 Å². The van der Waals surface area contributed by atoms with Crippen LogP contribution in [-0.4, -0.2) is 31.9 Å². The fraction of sp³-hybridized carbons (Fsp3) is 0.571. The summed E-state index contributed by atoms with van der Waals surface area (Å²) in [5.41, 5.74) is 1.79. The minimum absolute atomic E-state index is 0.0662. The van der Waals surface area contributed by atoms with E-state index in [0.717, 1.165) is 5.56 Å². The van der Waals surface area contributed by atoms with Crippen LogP contribution in [0.15, 0.2) is 4.52 Å². The molecule has 0 aliphatic carbocycles. The van der Waals surface area contributed by atoms with Crippen molar-refractivity contribution in [1.29, 1.82) is 0 Å².